The van der Waals surface area contributed by atoms with Gasteiger partial charge in [-0.1, -0.05) is 43.3 Å². The quantitative estimate of drug-likeness (QED) is 0.537. The molecule has 0 aliphatic rings. The Morgan fingerprint density at radius 2 is 1.53 bits per heavy atom. The number of hydrogen-bond acceptors (Lipinski definition) is 3. The van der Waals surface area contributed by atoms with Crippen LogP contribution >= 0.6 is 0 Å². The number of ether oxygens (including phenoxy) is 1. The highest BCUT2D eigenvalue weighted by Gasteiger charge is 2.09. The second-order valence-corrected chi connectivity index (χ2v) is 7.11. The Morgan fingerprint density at radius 3 is 2.20 bits per heavy atom. The largest absolute Gasteiger partial charge is 0.491 e. The molecule has 30 heavy (non-hydrogen) atoms. The van der Waals surface area contributed by atoms with Crippen LogP contribution in [0.3, 0.4) is 0 Å². The van der Waals surface area contributed by atoms with Crippen LogP contribution in [0.5, 0.6) is 5.75 Å². The van der Waals surface area contributed by atoms with E-state index in [9.17, 15) is 9.59 Å². The van der Waals surface area contributed by atoms with E-state index in [0.717, 1.165) is 17.7 Å². The fraction of sp³-hybridized carbons (Fsp3) is 0.200. The second kappa shape index (κ2) is 10.3. The van der Waals surface area contributed by atoms with Gasteiger partial charge in [-0.3, -0.25) is 9.59 Å². The van der Waals surface area contributed by atoms with E-state index in [2.05, 4.69) is 17.6 Å². The maximum atomic E-state index is 12.5. The number of amides is 2. The van der Waals surface area contributed by atoms with Gasteiger partial charge in [-0.25, -0.2) is 0 Å². The molecule has 5 nitrogen and oxygen atoms in total. The molecule has 0 saturated carbocycles. The highest BCUT2D eigenvalue weighted by molar-refractivity contribution is 6.04. The van der Waals surface area contributed by atoms with E-state index in [4.69, 9.17) is 4.74 Å². The van der Waals surface area contributed by atoms with Gasteiger partial charge in [-0.05, 0) is 61.4 Å². The maximum absolute atomic E-state index is 12.5. The van der Waals surface area contributed by atoms with Crippen LogP contribution in [0.25, 0.3) is 0 Å². The molecule has 2 N–H and O–H groups in total. The topological polar surface area (TPSA) is 67.4 Å². The lowest BCUT2D eigenvalue weighted by molar-refractivity contribution is -0.115. The maximum Gasteiger partial charge on any atom is 0.255 e. The van der Waals surface area contributed by atoms with E-state index in [0.29, 0.717) is 23.4 Å². The minimum absolute atomic E-state index is 0.110. The van der Waals surface area contributed by atoms with Crippen molar-refractivity contribution in [3.05, 3.63) is 90.0 Å². The van der Waals surface area contributed by atoms with Crippen molar-refractivity contribution < 1.29 is 14.3 Å². The van der Waals surface area contributed by atoms with E-state index in [1.54, 1.807) is 48.5 Å². The molecule has 0 saturated heterocycles. The summed E-state index contributed by atoms with van der Waals surface area (Å²) in [5.41, 5.74) is 2.72. The van der Waals surface area contributed by atoms with Crippen molar-refractivity contribution in [2.24, 2.45) is 0 Å². The summed E-state index contributed by atoms with van der Waals surface area (Å²) in [5, 5.41) is 5.73. The summed E-state index contributed by atoms with van der Waals surface area (Å²) in [5.74, 6) is 0.406. The molecule has 0 spiro atoms. The second-order valence-electron chi connectivity index (χ2n) is 7.11. The molecular formula is C25H26N2O3. The summed E-state index contributed by atoms with van der Waals surface area (Å²) < 4.78 is 5.74. The summed E-state index contributed by atoms with van der Waals surface area (Å²) in [7, 11) is 0. The fourth-order valence-electron chi connectivity index (χ4n) is 2.86. The lowest BCUT2D eigenvalue weighted by atomic mass is 10.1. The molecule has 1 unspecified atom stereocenters. The van der Waals surface area contributed by atoms with Crippen molar-refractivity contribution in [2.75, 3.05) is 10.6 Å². The average Bonchev–Trinajstić information content (AvgIpc) is 2.75. The van der Waals surface area contributed by atoms with Gasteiger partial charge in [-0.2, -0.15) is 0 Å². The Hall–Kier alpha value is -3.60. The molecule has 3 aromatic rings. The zero-order chi connectivity index (χ0) is 21.3. The smallest absolute Gasteiger partial charge is 0.255 e. The highest BCUT2D eigenvalue weighted by Crippen LogP contribution is 2.19. The minimum Gasteiger partial charge on any atom is -0.491 e. The molecule has 2 amide bonds. The Labute approximate surface area is 177 Å². The van der Waals surface area contributed by atoms with E-state index in [1.807, 2.05) is 37.3 Å². The van der Waals surface area contributed by atoms with Gasteiger partial charge >= 0.3 is 0 Å². The summed E-state index contributed by atoms with van der Waals surface area (Å²) in [6.07, 6.45) is 1.34. The van der Waals surface area contributed by atoms with Crippen LogP contribution < -0.4 is 15.4 Å². The summed E-state index contributed by atoms with van der Waals surface area (Å²) >= 11 is 0. The monoisotopic (exact) mass is 402 g/mol. The first kappa shape index (κ1) is 21.1. The molecule has 0 radical (unpaired) electrons. The third-order valence-electron chi connectivity index (χ3n) is 4.64. The predicted octanol–water partition coefficient (Wildman–Crippen LogP) is 5.30. The third kappa shape index (κ3) is 6.21. The van der Waals surface area contributed by atoms with E-state index < -0.39 is 0 Å². The summed E-state index contributed by atoms with van der Waals surface area (Å²) in [6.45, 7) is 4.07. The van der Waals surface area contributed by atoms with Crippen molar-refractivity contribution in [1.29, 1.82) is 0 Å². The van der Waals surface area contributed by atoms with E-state index >= 15 is 0 Å². The molecular weight excluding hydrogens is 376 g/mol. The molecule has 0 fully saturated rings. The predicted molar refractivity (Wildman–Crippen MR) is 120 cm³/mol. The van der Waals surface area contributed by atoms with E-state index in [1.165, 1.54) is 0 Å². The molecule has 154 valence electrons. The van der Waals surface area contributed by atoms with Gasteiger partial charge in [0.05, 0.1) is 12.5 Å². The van der Waals surface area contributed by atoms with Crippen LogP contribution in [0.1, 0.15) is 36.2 Å². The van der Waals surface area contributed by atoms with Crippen LogP contribution in [0, 0.1) is 0 Å². The van der Waals surface area contributed by atoms with Crippen molar-refractivity contribution >= 4 is 23.2 Å². The Morgan fingerprint density at radius 1 is 0.867 bits per heavy atom. The van der Waals surface area contributed by atoms with Crippen molar-refractivity contribution in [2.45, 2.75) is 32.8 Å². The van der Waals surface area contributed by atoms with Gasteiger partial charge in [0.25, 0.3) is 5.91 Å². The summed E-state index contributed by atoms with van der Waals surface area (Å²) in [6, 6.07) is 23.7. The molecule has 0 aliphatic carbocycles. The number of hydrogen-bond donors (Lipinski definition) is 2. The molecule has 0 heterocycles. The van der Waals surface area contributed by atoms with Crippen molar-refractivity contribution in [3.8, 4) is 5.75 Å². The molecule has 0 aromatic heterocycles. The van der Waals surface area contributed by atoms with Gasteiger partial charge in [-0.15, -0.1) is 0 Å². The number of carbonyl (C=O) groups excluding carboxylic acids is 2. The minimum atomic E-state index is -0.224. The molecule has 3 rings (SSSR count). The normalized spacial score (nSPS) is 11.4. The Kier molecular flexibility index (Phi) is 7.22. The first-order valence-electron chi connectivity index (χ1n) is 10.1. The van der Waals surface area contributed by atoms with Gasteiger partial charge in [0.15, 0.2) is 0 Å². The van der Waals surface area contributed by atoms with Crippen LogP contribution in [0.15, 0.2) is 78.9 Å². The molecule has 0 aliphatic heterocycles. The van der Waals surface area contributed by atoms with Crippen molar-refractivity contribution in [1.82, 2.24) is 0 Å². The number of rotatable bonds is 8. The number of benzene rings is 3. The van der Waals surface area contributed by atoms with Crippen molar-refractivity contribution in [3.63, 3.8) is 0 Å². The molecule has 3 aromatic carbocycles. The molecule has 1 atom stereocenters. The Bertz CT molecular complexity index is 985. The van der Waals surface area contributed by atoms with E-state index in [-0.39, 0.29) is 17.9 Å². The van der Waals surface area contributed by atoms with Gasteiger partial charge in [0.1, 0.15) is 5.75 Å². The lowest BCUT2D eigenvalue weighted by Crippen LogP contribution is -2.15. The van der Waals surface area contributed by atoms with Crippen LogP contribution in [0.2, 0.25) is 0 Å². The molecule has 5 heteroatoms. The number of nitrogens with one attached hydrogen (secondary N) is 2. The van der Waals surface area contributed by atoms with Gasteiger partial charge in [0, 0.05) is 16.9 Å². The average molecular weight is 402 g/mol. The molecule has 0 bridgehead atoms. The van der Waals surface area contributed by atoms with Crippen LogP contribution in [-0.2, 0) is 11.2 Å². The standard InChI is InChI=1S/C25H26N2O3/c1-3-18(2)30-23-14-12-20(13-15-23)25(29)27-22-11-7-10-21(17-22)26-24(28)16-19-8-5-4-6-9-19/h4-15,17-18H,3,16H2,1-2H3,(H,26,28)(H,27,29). The third-order valence-corrected chi connectivity index (χ3v) is 4.64. The SMILES string of the molecule is CCC(C)Oc1ccc(C(=O)Nc2cccc(NC(=O)Cc3ccccc3)c2)cc1. The Balaban J connectivity index is 1.59. The van der Waals surface area contributed by atoms with Crippen LogP contribution in [-0.4, -0.2) is 17.9 Å². The first-order valence-corrected chi connectivity index (χ1v) is 10.1. The fourth-order valence-corrected chi connectivity index (χ4v) is 2.86. The number of anilines is 2. The number of carbonyl (C=O) groups is 2. The van der Waals surface area contributed by atoms with Gasteiger partial charge < -0.3 is 15.4 Å². The lowest BCUT2D eigenvalue weighted by Gasteiger charge is -2.13. The zero-order valence-corrected chi connectivity index (χ0v) is 17.2. The van der Waals surface area contributed by atoms with Gasteiger partial charge in [0.2, 0.25) is 5.91 Å². The first-order chi connectivity index (χ1) is 14.5. The zero-order valence-electron chi connectivity index (χ0n) is 17.2. The highest BCUT2D eigenvalue weighted by atomic mass is 16.5. The summed E-state index contributed by atoms with van der Waals surface area (Å²) in [4.78, 5) is 24.8. The van der Waals surface area contributed by atoms with Crippen LogP contribution in [0.4, 0.5) is 11.4 Å².